The Morgan fingerprint density at radius 2 is 1.78 bits per heavy atom. The number of esters is 1. The van der Waals surface area contributed by atoms with Gasteiger partial charge in [-0.3, -0.25) is 9.36 Å². The van der Waals surface area contributed by atoms with Gasteiger partial charge in [0.15, 0.2) is 4.80 Å². The summed E-state index contributed by atoms with van der Waals surface area (Å²) in [5, 5.41) is 9.73. The van der Waals surface area contributed by atoms with Crippen molar-refractivity contribution in [3.05, 3.63) is 138 Å². The lowest BCUT2D eigenvalue weighted by molar-refractivity contribution is -0.138. The van der Waals surface area contributed by atoms with E-state index >= 15 is 0 Å². The van der Waals surface area contributed by atoms with Crippen molar-refractivity contribution in [1.82, 2.24) is 4.57 Å². The van der Waals surface area contributed by atoms with Crippen LogP contribution < -0.4 is 19.6 Å². The maximum atomic E-state index is 14.1. The lowest BCUT2D eigenvalue weighted by Crippen LogP contribution is -2.40. The minimum Gasteiger partial charge on any atom is -0.494 e. The van der Waals surface area contributed by atoms with E-state index in [1.807, 2.05) is 49.4 Å². The van der Waals surface area contributed by atoms with Gasteiger partial charge in [0.25, 0.3) is 5.56 Å². The number of nitrogens with zero attached hydrogens (tertiary/aromatic N) is 2. The summed E-state index contributed by atoms with van der Waals surface area (Å²) in [6.07, 6.45) is 1.59. The lowest BCUT2D eigenvalue weighted by atomic mass is 9.93. The number of carboxylic acids is 1. The first-order chi connectivity index (χ1) is 22.3. The molecule has 6 rings (SSSR count). The van der Waals surface area contributed by atoms with Crippen LogP contribution in [-0.2, 0) is 9.53 Å². The number of aromatic nitrogens is 1. The van der Waals surface area contributed by atoms with Crippen molar-refractivity contribution in [2.75, 3.05) is 13.2 Å². The molecule has 0 saturated heterocycles. The van der Waals surface area contributed by atoms with Crippen molar-refractivity contribution >= 4 is 46.6 Å². The predicted octanol–water partition coefficient (Wildman–Crippen LogP) is 5.95. The van der Waals surface area contributed by atoms with Gasteiger partial charge in [0, 0.05) is 17.2 Å². The zero-order valence-corrected chi connectivity index (χ0v) is 26.3. The van der Waals surface area contributed by atoms with E-state index in [0.29, 0.717) is 60.6 Å². The monoisotopic (exact) mass is 654 g/mol. The second kappa shape index (κ2) is 13.0. The molecular formula is C35H27ClN2O7S. The molecule has 0 fully saturated rings. The molecule has 3 heterocycles. The maximum Gasteiger partial charge on any atom is 0.338 e. The van der Waals surface area contributed by atoms with Crippen LogP contribution in [0.3, 0.4) is 0 Å². The Morgan fingerprint density at radius 1 is 1.02 bits per heavy atom. The summed E-state index contributed by atoms with van der Waals surface area (Å²) in [7, 11) is 0. The van der Waals surface area contributed by atoms with E-state index in [1.54, 1.807) is 37.3 Å². The maximum absolute atomic E-state index is 14.1. The van der Waals surface area contributed by atoms with E-state index in [2.05, 4.69) is 0 Å². The Labute approximate surface area is 271 Å². The first kappa shape index (κ1) is 30.8. The van der Waals surface area contributed by atoms with Gasteiger partial charge in [-0.25, -0.2) is 14.6 Å². The smallest absolute Gasteiger partial charge is 0.338 e. The van der Waals surface area contributed by atoms with Gasteiger partial charge in [0.2, 0.25) is 0 Å². The van der Waals surface area contributed by atoms with Crippen LogP contribution in [0, 0.1) is 0 Å². The molecule has 46 heavy (non-hydrogen) atoms. The number of ether oxygens (including phenoxy) is 2. The van der Waals surface area contributed by atoms with Gasteiger partial charge in [0.1, 0.15) is 17.3 Å². The highest BCUT2D eigenvalue weighted by Crippen LogP contribution is 2.36. The fraction of sp³-hybridized carbons (Fsp3) is 0.143. The van der Waals surface area contributed by atoms with E-state index in [-0.39, 0.29) is 23.3 Å². The van der Waals surface area contributed by atoms with Gasteiger partial charge < -0.3 is 19.0 Å². The van der Waals surface area contributed by atoms with Crippen molar-refractivity contribution < 1.29 is 28.6 Å². The fourth-order valence-electron chi connectivity index (χ4n) is 5.22. The number of hydrogen-bond acceptors (Lipinski definition) is 8. The highest BCUT2D eigenvalue weighted by molar-refractivity contribution is 7.07. The average Bonchev–Trinajstić information content (AvgIpc) is 3.65. The molecule has 0 amide bonds. The van der Waals surface area contributed by atoms with Crippen LogP contribution in [0.15, 0.2) is 105 Å². The zero-order chi connectivity index (χ0) is 32.4. The van der Waals surface area contributed by atoms with E-state index < -0.39 is 18.0 Å². The Hall–Kier alpha value is -5.19. The first-order valence-electron chi connectivity index (χ1n) is 14.4. The Kier molecular flexibility index (Phi) is 8.74. The molecule has 1 aliphatic heterocycles. The molecule has 0 bridgehead atoms. The zero-order valence-electron chi connectivity index (χ0n) is 24.7. The van der Waals surface area contributed by atoms with Crippen LogP contribution in [0.1, 0.15) is 47.1 Å². The number of fused-ring (bicyclic) bond motifs is 1. The van der Waals surface area contributed by atoms with Crippen LogP contribution in [0.4, 0.5) is 0 Å². The molecule has 0 aliphatic carbocycles. The number of carboxylic acid groups (broad SMARTS) is 1. The SMILES string of the molecule is CCOC(=O)C1=C(c2ccccc2)N=c2s/c(=C\c3ccc(-c4cc(C(=O)O)ccc4Cl)o3)c(=O)n2[C@H]1c1ccc(OCC)cc1. The van der Waals surface area contributed by atoms with Crippen molar-refractivity contribution in [2.24, 2.45) is 4.99 Å². The number of benzene rings is 3. The first-order valence-corrected chi connectivity index (χ1v) is 15.6. The summed E-state index contributed by atoms with van der Waals surface area (Å²) in [6, 6.07) is 23.4. The second-order valence-electron chi connectivity index (χ2n) is 10.1. The molecule has 9 nitrogen and oxygen atoms in total. The van der Waals surface area contributed by atoms with Gasteiger partial charge in [0.05, 0.1) is 45.6 Å². The molecule has 5 aromatic rings. The van der Waals surface area contributed by atoms with Crippen LogP contribution >= 0.6 is 22.9 Å². The van der Waals surface area contributed by atoms with E-state index in [1.165, 1.54) is 22.8 Å². The summed E-state index contributed by atoms with van der Waals surface area (Å²) in [6.45, 7) is 4.26. The minimum absolute atomic E-state index is 0.0616. The summed E-state index contributed by atoms with van der Waals surface area (Å²) in [4.78, 5) is 44.5. The summed E-state index contributed by atoms with van der Waals surface area (Å²) in [5.74, 6) is -0.316. The number of halogens is 1. The van der Waals surface area contributed by atoms with E-state index in [9.17, 15) is 19.5 Å². The molecule has 3 aromatic carbocycles. The van der Waals surface area contributed by atoms with Gasteiger partial charge in [-0.05, 0) is 61.9 Å². The van der Waals surface area contributed by atoms with Crippen LogP contribution in [0.25, 0.3) is 23.1 Å². The molecule has 0 saturated carbocycles. The number of carbonyl (C=O) groups excluding carboxylic acids is 1. The quantitative estimate of drug-likeness (QED) is 0.195. The highest BCUT2D eigenvalue weighted by atomic mass is 35.5. The van der Waals surface area contributed by atoms with Crippen LogP contribution in [0.5, 0.6) is 5.75 Å². The van der Waals surface area contributed by atoms with Gasteiger partial charge in [-0.1, -0.05) is 65.4 Å². The number of thiazole rings is 1. The number of aromatic carboxylic acids is 1. The van der Waals surface area contributed by atoms with Crippen molar-refractivity contribution in [1.29, 1.82) is 0 Å². The number of furan rings is 1. The molecule has 0 spiro atoms. The molecule has 0 unspecified atom stereocenters. The molecule has 11 heteroatoms. The Balaban J connectivity index is 1.53. The standard InChI is InChI=1S/C35H27ClN2O7S/c1-3-43-23-13-10-21(11-14-23)31-29(34(42)44-4-2)30(20-8-6-5-7-9-20)37-35-38(31)32(39)28(46-35)19-24-15-17-27(45-24)25-18-22(33(40)41)12-16-26(25)36/h5-19,31H,3-4H2,1-2H3,(H,40,41)/b28-19-/t31-/m0/s1. The van der Waals surface area contributed by atoms with Crippen molar-refractivity contribution in [2.45, 2.75) is 19.9 Å². The third-order valence-corrected chi connectivity index (χ3v) is 8.57. The van der Waals surface area contributed by atoms with Gasteiger partial charge in [-0.15, -0.1) is 0 Å². The number of carbonyl (C=O) groups is 2. The molecular weight excluding hydrogens is 628 g/mol. The molecule has 232 valence electrons. The third-order valence-electron chi connectivity index (χ3n) is 7.26. The second-order valence-corrected chi connectivity index (χ2v) is 11.6. The number of rotatable bonds is 9. The summed E-state index contributed by atoms with van der Waals surface area (Å²) in [5.41, 5.74) is 2.13. The average molecular weight is 655 g/mol. The Morgan fingerprint density at radius 3 is 2.48 bits per heavy atom. The topological polar surface area (TPSA) is 120 Å². The van der Waals surface area contributed by atoms with Crippen LogP contribution in [-0.4, -0.2) is 34.8 Å². The van der Waals surface area contributed by atoms with Crippen molar-refractivity contribution in [3.8, 4) is 17.1 Å². The van der Waals surface area contributed by atoms with Crippen molar-refractivity contribution in [3.63, 3.8) is 0 Å². The van der Waals surface area contributed by atoms with Gasteiger partial charge >= 0.3 is 11.9 Å². The number of hydrogen-bond donors (Lipinski definition) is 1. The summed E-state index contributed by atoms with van der Waals surface area (Å²) >= 11 is 7.51. The normalized spacial score (nSPS) is 14.5. The minimum atomic E-state index is -1.09. The third kappa shape index (κ3) is 5.92. The summed E-state index contributed by atoms with van der Waals surface area (Å²) < 4.78 is 19.0. The largest absolute Gasteiger partial charge is 0.494 e. The predicted molar refractivity (Wildman–Crippen MR) is 175 cm³/mol. The van der Waals surface area contributed by atoms with E-state index in [4.69, 9.17) is 30.5 Å². The highest BCUT2D eigenvalue weighted by Gasteiger charge is 2.35. The molecule has 2 aromatic heterocycles. The molecule has 1 aliphatic rings. The van der Waals surface area contributed by atoms with E-state index in [0.717, 1.165) is 11.3 Å². The molecule has 0 radical (unpaired) electrons. The fourth-order valence-corrected chi connectivity index (χ4v) is 6.41. The Bertz CT molecular complexity index is 2160. The lowest BCUT2D eigenvalue weighted by Gasteiger charge is -2.26. The molecule has 1 N–H and O–H groups in total. The molecule has 1 atom stereocenters. The van der Waals surface area contributed by atoms with Gasteiger partial charge in [-0.2, -0.15) is 0 Å². The van der Waals surface area contributed by atoms with Crippen LogP contribution in [0.2, 0.25) is 5.02 Å².